The van der Waals surface area contributed by atoms with E-state index < -0.39 is 6.43 Å². The molecule has 0 N–H and O–H groups in total. The van der Waals surface area contributed by atoms with Gasteiger partial charge in [0.05, 0.1) is 0 Å². The van der Waals surface area contributed by atoms with Crippen molar-refractivity contribution in [1.29, 1.82) is 0 Å². The molecule has 106 valence electrons. The van der Waals surface area contributed by atoms with E-state index in [0.717, 1.165) is 16.7 Å². The summed E-state index contributed by atoms with van der Waals surface area (Å²) in [6.07, 6.45) is 0. The van der Waals surface area contributed by atoms with E-state index in [1.54, 1.807) is 0 Å². The van der Waals surface area contributed by atoms with Gasteiger partial charge in [-0.2, -0.15) is 0 Å². The Morgan fingerprint density at radius 2 is 0.947 bits per heavy atom. The predicted molar refractivity (Wildman–Crippen MR) is 115 cm³/mol. The highest BCUT2D eigenvalue weighted by Gasteiger charge is 2.39. The highest BCUT2D eigenvalue weighted by atomic mass is 80.0. The quantitative estimate of drug-likeness (QED) is 0.230. The molecule has 0 nitrogen and oxygen atoms in total. The number of rotatable bonds is 0. The molecule has 1 rings (SSSR count). The molecule has 0 aliphatic carbocycles. The first-order valence-corrected chi connectivity index (χ1v) is 11.5. The van der Waals surface area contributed by atoms with Gasteiger partial charge in [0.2, 0.25) is 0 Å². The molecular formula is C10H3Br9. The van der Waals surface area contributed by atoms with Gasteiger partial charge in [0.1, 0.15) is 0 Å². The van der Waals surface area contributed by atoms with Crippen molar-refractivity contribution in [1.82, 2.24) is 0 Å². The van der Waals surface area contributed by atoms with Crippen LogP contribution in [0, 0.1) is 6.92 Å². The summed E-state index contributed by atoms with van der Waals surface area (Å²) in [5.74, 6) is 0. The van der Waals surface area contributed by atoms with Crippen LogP contribution in [0.25, 0.3) is 0 Å². The van der Waals surface area contributed by atoms with E-state index in [4.69, 9.17) is 6.92 Å². The molecule has 0 aliphatic heterocycles. The molecule has 0 saturated carbocycles. The van der Waals surface area contributed by atoms with Gasteiger partial charge in [-0.1, -0.05) is 156 Å². The van der Waals surface area contributed by atoms with Crippen LogP contribution in [0.1, 0.15) is 22.3 Å². The molecule has 0 aliphatic rings. The van der Waals surface area contributed by atoms with E-state index in [1.165, 1.54) is 0 Å². The van der Waals surface area contributed by atoms with Gasteiger partial charge in [0.25, 0.3) is 0 Å². The average Bonchev–Trinajstić information content (AvgIpc) is 2.11. The van der Waals surface area contributed by atoms with Gasteiger partial charge in [-0.25, -0.2) is 0 Å². The van der Waals surface area contributed by atoms with Gasteiger partial charge in [-0.15, -0.1) is 0 Å². The van der Waals surface area contributed by atoms with Crippen molar-refractivity contribution in [3.05, 3.63) is 41.3 Å². The Morgan fingerprint density at radius 1 is 0.632 bits per heavy atom. The zero-order valence-corrected chi connectivity index (χ0v) is 22.9. The van der Waals surface area contributed by atoms with Gasteiger partial charge < -0.3 is 0 Å². The molecule has 0 unspecified atom stereocenters. The molecule has 0 fully saturated rings. The minimum absolute atomic E-state index is 0.606. The van der Waals surface area contributed by atoms with E-state index in [0.29, 0.717) is 5.56 Å². The Hall–Kier alpha value is 3.54. The minimum atomic E-state index is -0.619. The predicted octanol–water partition coefficient (Wildman–Crippen LogP) is 8.63. The first kappa shape index (κ1) is 20.6. The van der Waals surface area contributed by atoms with Crippen LogP contribution in [0.5, 0.6) is 0 Å². The maximum absolute atomic E-state index is 5.99. The van der Waals surface area contributed by atoms with Crippen LogP contribution in [0.15, 0.2) is 12.1 Å². The number of alkyl halides is 9. The molecule has 0 atom stereocenters. The van der Waals surface area contributed by atoms with Crippen molar-refractivity contribution in [2.24, 2.45) is 0 Å². The van der Waals surface area contributed by atoms with Gasteiger partial charge in [-0.05, 0) is 23.6 Å². The van der Waals surface area contributed by atoms with Gasteiger partial charge >= 0.3 is 0 Å². The fraction of sp³-hybridized carbons (Fsp3) is 0.300. The summed E-state index contributed by atoms with van der Waals surface area (Å²) in [4.78, 5) is 0. The van der Waals surface area contributed by atoms with Crippen LogP contribution in [-0.4, -0.2) is 0 Å². The summed E-state index contributed by atoms with van der Waals surface area (Å²) >= 11 is 31.9. The molecular weight excluding hydrogens is 839 g/mol. The van der Waals surface area contributed by atoms with Crippen LogP contribution in [0.4, 0.5) is 0 Å². The summed E-state index contributed by atoms with van der Waals surface area (Å²) in [6, 6.07) is 3.74. The Balaban J connectivity index is 3.80. The largest absolute Gasteiger partial charge is 0.160 e. The third-order valence-corrected chi connectivity index (χ3v) is 5.81. The van der Waals surface area contributed by atoms with Crippen LogP contribution in [0.2, 0.25) is 0 Å². The van der Waals surface area contributed by atoms with E-state index in [-0.39, 0.29) is 0 Å². The number of halogens is 9. The Kier molecular flexibility index (Phi) is 7.79. The highest BCUT2D eigenvalue weighted by molar-refractivity contribution is 9.39. The van der Waals surface area contributed by atoms with Gasteiger partial charge in [0, 0.05) is 5.56 Å². The monoisotopic (exact) mass is 833 g/mol. The normalized spacial score (nSPS) is 13.8. The second-order valence-corrected chi connectivity index (χ2v) is 23.8. The zero-order chi connectivity index (χ0) is 15.2. The van der Waals surface area contributed by atoms with Crippen molar-refractivity contribution in [3.8, 4) is 0 Å². The zero-order valence-electron chi connectivity index (χ0n) is 8.63. The highest BCUT2D eigenvalue weighted by Crippen LogP contribution is 2.58. The van der Waals surface area contributed by atoms with Crippen molar-refractivity contribution in [2.75, 3.05) is 0 Å². The molecule has 2 radical (unpaired) electrons. The minimum Gasteiger partial charge on any atom is -0.0546 e. The Morgan fingerprint density at radius 3 is 1.16 bits per heavy atom. The van der Waals surface area contributed by atoms with E-state index >= 15 is 0 Å². The molecule has 19 heavy (non-hydrogen) atoms. The lowest BCUT2D eigenvalue weighted by atomic mass is 10.0. The topological polar surface area (TPSA) is 0 Å². The molecule has 1 aromatic carbocycles. The molecule has 0 aromatic heterocycles. The SMILES string of the molecule is [CH]c1cc(C(Br)(Br)Br)c(C(Br)(Br)Br)c(C(Br)(Br)Br)c1. The standard InChI is InChI=1S/C10H3Br9/c1-4-2-5(8(11,12)13)7(10(17,18)19)6(3-4)9(14,15)16/h1-3H. The Bertz CT molecular complexity index is 440. The third kappa shape index (κ3) is 5.84. The van der Waals surface area contributed by atoms with Crippen LogP contribution >= 0.6 is 143 Å². The molecule has 9 heteroatoms. The van der Waals surface area contributed by atoms with Gasteiger partial charge in [-0.3, -0.25) is 0 Å². The molecule has 0 spiro atoms. The lowest BCUT2D eigenvalue weighted by molar-refractivity contribution is 1.15. The van der Waals surface area contributed by atoms with E-state index in [9.17, 15) is 0 Å². The fourth-order valence-corrected chi connectivity index (χ4v) is 4.57. The second kappa shape index (κ2) is 7.19. The second-order valence-electron chi connectivity index (χ2n) is 3.48. The lowest BCUT2D eigenvalue weighted by Crippen LogP contribution is -2.17. The number of hydrogen-bond donors (Lipinski definition) is 0. The molecule has 0 bridgehead atoms. The molecule has 0 heterocycles. The van der Waals surface area contributed by atoms with Crippen molar-refractivity contribution in [2.45, 2.75) is 6.43 Å². The third-order valence-electron chi connectivity index (χ3n) is 2.05. The van der Waals surface area contributed by atoms with Crippen LogP contribution < -0.4 is 0 Å². The first-order valence-electron chi connectivity index (χ1n) is 4.39. The smallest absolute Gasteiger partial charge is 0.0546 e. The summed E-state index contributed by atoms with van der Waals surface area (Å²) < 4.78 is -1.83. The molecule has 0 saturated heterocycles. The summed E-state index contributed by atoms with van der Waals surface area (Å²) in [6.45, 7) is 5.99. The number of benzene rings is 1. The maximum atomic E-state index is 5.99. The number of hydrogen-bond acceptors (Lipinski definition) is 0. The van der Waals surface area contributed by atoms with Crippen molar-refractivity contribution in [3.63, 3.8) is 0 Å². The van der Waals surface area contributed by atoms with Crippen molar-refractivity contribution >= 4 is 143 Å². The van der Waals surface area contributed by atoms with Crippen molar-refractivity contribution < 1.29 is 0 Å². The van der Waals surface area contributed by atoms with Gasteiger partial charge in [0.15, 0.2) is 6.43 Å². The first-order chi connectivity index (χ1) is 8.24. The average molecular weight is 842 g/mol. The summed E-state index contributed by atoms with van der Waals surface area (Å²) in [5.41, 5.74) is 3.36. The molecule has 1 aromatic rings. The maximum Gasteiger partial charge on any atom is 0.160 e. The summed E-state index contributed by atoms with van der Waals surface area (Å²) in [7, 11) is 0. The molecule has 0 amide bonds. The lowest BCUT2D eigenvalue weighted by Gasteiger charge is -2.29. The van der Waals surface area contributed by atoms with E-state index in [1.807, 2.05) is 12.1 Å². The fourth-order valence-electron chi connectivity index (χ4n) is 1.42. The summed E-state index contributed by atoms with van der Waals surface area (Å²) in [5, 5.41) is 0. The van der Waals surface area contributed by atoms with E-state index in [2.05, 4.69) is 143 Å². The van der Waals surface area contributed by atoms with Crippen LogP contribution in [0.3, 0.4) is 0 Å². The Labute approximate surface area is 188 Å². The van der Waals surface area contributed by atoms with Crippen LogP contribution in [-0.2, 0) is 6.43 Å².